The second kappa shape index (κ2) is 8.42. The first kappa shape index (κ1) is 21.3. The van der Waals surface area contributed by atoms with E-state index >= 15 is 0 Å². The van der Waals surface area contributed by atoms with Crippen LogP contribution in [-0.2, 0) is 16.4 Å². The zero-order valence-electron chi connectivity index (χ0n) is 17.4. The number of nitrogens with one attached hydrogen (secondary N) is 1. The molecule has 2 aromatic rings. The van der Waals surface area contributed by atoms with Gasteiger partial charge in [0.1, 0.15) is 4.90 Å². The van der Waals surface area contributed by atoms with Crippen LogP contribution in [0.5, 0.6) is 11.5 Å². The molecular formula is C23H23ClN2O5S. The topological polar surface area (TPSA) is 84.9 Å². The number of sulfonamides is 1. The van der Waals surface area contributed by atoms with Gasteiger partial charge in [0.25, 0.3) is 0 Å². The molecule has 3 aliphatic heterocycles. The summed E-state index contributed by atoms with van der Waals surface area (Å²) in [4.78, 5) is 13.1. The summed E-state index contributed by atoms with van der Waals surface area (Å²) in [5.41, 5.74) is 2.89. The Bertz CT molecular complexity index is 1220. The summed E-state index contributed by atoms with van der Waals surface area (Å²) >= 11 is 6.25. The molecule has 0 aliphatic carbocycles. The Labute approximate surface area is 192 Å². The normalized spacial score (nSPS) is 19.5. The van der Waals surface area contributed by atoms with Gasteiger partial charge in [-0.15, -0.1) is 0 Å². The molecule has 1 saturated heterocycles. The van der Waals surface area contributed by atoms with E-state index in [-0.39, 0.29) is 28.1 Å². The quantitative estimate of drug-likeness (QED) is 0.538. The zero-order chi connectivity index (χ0) is 22.3. The Kier molecular flexibility index (Phi) is 5.61. The van der Waals surface area contributed by atoms with Crippen LogP contribution in [0.2, 0.25) is 5.02 Å². The molecule has 0 radical (unpaired) electrons. The second-order valence-electron chi connectivity index (χ2n) is 8.07. The summed E-state index contributed by atoms with van der Waals surface area (Å²) in [6.45, 7) is 1.80. The van der Waals surface area contributed by atoms with Gasteiger partial charge < -0.3 is 14.8 Å². The number of rotatable bonds is 4. The number of halogens is 1. The van der Waals surface area contributed by atoms with Gasteiger partial charge in [0.05, 0.1) is 5.02 Å². The Hall–Kier alpha value is -2.55. The minimum atomic E-state index is -3.75. The van der Waals surface area contributed by atoms with Gasteiger partial charge in [-0.2, -0.15) is 4.31 Å². The number of hydrogen-bond donors (Lipinski definition) is 1. The Balaban J connectivity index is 1.47. The van der Waals surface area contributed by atoms with Crippen molar-refractivity contribution in [3.63, 3.8) is 0 Å². The van der Waals surface area contributed by atoms with Crippen molar-refractivity contribution in [1.82, 2.24) is 9.62 Å². The van der Waals surface area contributed by atoms with Crippen LogP contribution in [0.15, 0.2) is 41.3 Å². The van der Waals surface area contributed by atoms with Crippen molar-refractivity contribution in [1.29, 1.82) is 0 Å². The number of benzene rings is 2. The van der Waals surface area contributed by atoms with E-state index in [1.165, 1.54) is 22.5 Å². The minimum Gasteiger partial charge on any atom is -0.454 e. The van der Waals surface area contributed by atoms with E-state index < -0.39 is 10.0 Å². The summed E-state index contributed by atoms with van der Waals surface area (Å²) in [5, 5.41) is 3.39. The predicted octanol–water partition coefficient (Wildman–Crippen LogP) is 3.61. The second-order valence-corrected chi connectivity index (χ2v) is 10.4. The highest BCUT2D eigenvalue weighted by Gasteiger charge is 2.29. The predicted molar refractivity (Wildman–Crippen MR) is 121 cm³/mol. The first-order chi connectivity index (χ1) is 15.4. The fourth-order valence-corrected chi connectivity index (χ4v) is 6.33. The van der Waals surface area contributed by atoms with Crippen molar-refractivity contribution in [2.24, 2.45) is 0 Å². The van der Waals surface area contributed by atoms with E-state index in [2.05, 4.69) is 5.32 Å². The third-order valence-electron chi connectivity index (χ3n) is 6.02. The molecule has 168 valence electrons. The van der Waals surface area contributed by atoms with Crippen LogP contribution in [-0.4, -0.2) is 44.9 Å². The summed E-state index contributed by atoms with van der Waals surface area (Å²) in [7, 11) is -3.75. The molecule has 0 aromatic heterocycles. The zero-order valence-corrected chi connectivity index (χ0v) is 19.0. The molecule has 1 fully saturated rings. The lowest BCUT2D eigenvalue weighted by molar-refractivity contribution is 0.104. The van der Waals surface area contributed by atoms with Crippen molar-refractivity contribution in [2.45, 2.75) is 30.6 Å². The van der Waals surface area contributed by atoms with E-state index in [0.717, 1.165) is 36.8 Å². The third-order valence-corrected chi connectivity index (χ3v) is 8.40. The van der Waals surface area contributed by atoms with Crippen LogP contribution < -0.4 is 14.8 Å². The molecule has 5 rings (SSSR count). The van der Waals surface area contributed by atoms with Crippen LogP contribution in [0.4, 0.5) is 0 Å². The maximum atomic E-state index is 13.1. The SMILES string of the molecule is O=C(/C=C1\NCCc2cc3c(cc21)OCO3)c1ccc(Cl)c(S(=O)(=O)N2CCCCC2)c1. The van der Waals surface area contributed by atoms with Crippen LogP contribution >= 0.6 is 11.6 Å². The average Bonchev–Trinajstić information content (AvgIpc) is 3.26. The van der Waals surface area contributed by atoms with Gasteiger partial charge in [0.2, 0.25) is 16.8 Å². The molecule has 3 aliphatic rings. The van der Waals surface area contributed by atoms with Crippen molar-refractivity contribution in [3.05, 3.63) is 58.1 Å². The number of hydrogen-bond acceptors (Lipinski definition) is 6. The van der Waals surface area contributed by atoms with Crippen LogP contribution in [0.3, 0.4) is 0 Å². The minimum absolute atomic E-state index is 0.0225. The van der Waals surface area contributed by atoms with Gasteiger partial charge in [0.15, 0.2) is 17.3 Å². The summed E-state index contributed by atoms with van der Waals surface area (Å²) < 4.78 is 38.6. The molecule has 2 aromatic carbocycles. The standard InChI is InChI=1S/C23H23ClN2O5S/c24-18-5-4-16(11-23(18)32(28,29)26-8-2-1-3-9-26)20(27)13-19-17-12-22-21(30-14-31-22)10-15(17)6-7-25-19/h4-5,10-13,25H,1-3,6-9,14H2/b19-13-. The fourth-order valence-electron chi connectivity index (χ4n) is 4.31. The van der Waals surface area contributed by atoms with Crippen LogP contribution in [0, 0.1) is 0 Å². The molecule has 32 heavy (non-hydrogen) atoms. The van der Waals surface area contributed by atoms with Gasteiger partial charge in [-0.1, -0.05) is 18.0 Å². The number of allylic oxidation sites excluding steroid dienone is 1. The Morgan fingerprint density at radius 1 is 1.06 bits per heavy atom. The van der Waals surface area contributed by atoms with E-state index in [1.54, 1.807) is 6.07 Å². The molecule has 0 unspecified atom stereocenters. The maximum absolute atomic E-state index is 13.1. The summed E-state index contributed by atoms with van der Waals surface area (Å²) in [6, 6.07) is 8.24. The molecule has 0 saturated carbocycles. The monoisotopic (exact) mass is 474 g/mol. The van der Waals surface area contributed by atoms with Crippen LogP contribution in [0.25, 0.3) is 5.70 Å². The maximum Gasteiger partial charge on any atom is 0.244 e. The van der Waals surface area contributed by atoms with Crippen molar-refractivity contribution >= 4 is 33.1 Å². The number of ketones is 1. The Morgan fingerprint density at radius 3 is 2.59 bits per heavy atom. The highest BCUT2D eigenvalue weighted by atomic mass is 35.5. The molecular weight excluding hydrogens is 452 g/mol. The number of ether oxygens (including phenoxy) is 2. The van der Waals surface area contributed by atoms with Gasteiger partial charge in [0, 0.05) is 42.5 Å². The third kappa shape index (κ3) is 3.87. The van der Waals surface area contributed by atoms with Gasteiger partial charge >= 0.3 is 0 Å². The van der Waals surface area contributed by atoms with E-state index in [0.29, 0.717) is 36.8 Å². The van der Waals surface area contributed by atoms with Crippen molar-refractivity contribution < 1.29 is 22.7 Å². The first-order valence-electron chi connectivity index (χ1n) is 10.7. The highest BCUT2D eigenvalue weighted by Crippen LogP contribution is 2.38. The molecule has 7 nitrogen and oxygen atoms in total. The van der Waals surface area contributed by atoms with Crippen molar-refractivity contribution in [3.8, 4) is 11.5 Å². The lowest BCUT2D eigenvalue weighted by Gasteiger charge is -2.26. The van der Waals surface area contributed by atoms with Gasteiger partial charge in [-0.05, 0) is 55.2 Å². The largest absolute Gasteiger partial charge is 0.454 e. The van der Waals surface area contributed by atoms with Gasteiger partial charge in [-0.25, -0.2) is 8.42 Å². The summed E-state index contributed by atoms with van der Waals surface area (Å²) in [6.07, 6.45) is 4.97. The van der Waals surface area contributed by atoms with Gasteiger partial charge in [-0.3, -0.25) is 4.79 Å². The summed E-state index contributed by atoms with van der Waals surface area (Å²) in [5.74, 6) is 1.05. The fraction of sp³-hybridized carbons (Fsp3) is 0.348. The van der Waals surface area contributed by atoms with E-state index in [4.69, 9.17) is 21.1 Å². The molecule has 1 N–H and O–H groups in total. The number of carbonyl (C=O) groups is 1. The van der Waals surface area contributed by atoms with Crippen LogP contribution in [0.1, 0.15) is 40.7 Å². The molecule has 9 heteroatoms. The van der Waals surface area contributed by atoms with E-state index in [9.17, 15) is 13.2 Å². The lowest BCUT2D eigenvalue weighted by atomic mass is 9.96. The smallest absolute Gasteiger partial charge is 0.244 e. The highest BCUT2D eigenvalue weighted by molar-refractivity contribution is 7.89. The number of piperidine rings is 1. The number of fused-ring (bicyclic) bond motifs is 2. The molecule has 3 heterocycles. The average molecular weight is 475 g/mol. The van der Waals surface area contributed by atoms with Crippen molar-refractivity contribution in [2.75, 3.05) is 26.4 Å². The lowest BCUT2D eigenvalue weighted by Crippen LogP contribution is -2.35. The molecule has 0 bridgehead atoms. The van der Waals surface area contributed by atoms with E-state index in [1.807, 2.05) is 12.1 Å². The Morgan fingerprint density at radius 2 is 1.81 bits per heavy atom. The number of nitrogens with zero attached hydrogens (tertiary/aromatic N) is 1. The molecule has 0 atom stereocenters. The molecule has 0 amide bonds. The number of carbonyl (C=O) groups excluding carboxylic acids is 1. The first-order valence-corrected chi connectivity index (χ1v) is 12.5. The molecule has 0 spiro atoms.